The van der Waals surface area contributed by atoms with Crippen molar-refractivity contribution in [1.82, 2.24) is 10.2 Å². The second-order valence-corrected chi connectivity index (χ2v) is 7.15. The molecule has 3 aromatic carbocycles. The van der Waals surface area contributed by atoms with E-state index in [1.165, 1.54) is 30.3 Å². The van der Waals surface area contributed by atoms with Crippen LogP contribution in [0.2, 0.25) is 0 Å². The molecule has 162 valence electrons. The van der Waals surface area contributed by atoms with E-state index in [9.17, 15) is 23.2 Å². The number of halogens is 2. The first kappa shape index (κ1) is 21.2. The van der Waals surface area contributed by atoms with Gasteiger partial charge in [-0.2, -0.15) is 8.78 Å². The Kier molecular flexibility index (Phi) is 5.93. The number of ether oxygens (including phenoxy) is 1. The van der Waals surface area contributed by atoms with Gasteiger partial charge in [0.05, 0.1) is 17.7 Å². The maximum atomic E-state index is 12.8. The number of benzene rings is 3. The van der Waals surface area contributed by atoms with Crippen LogP contribution in [0.25, 0.3) is 0 Å². The number of nitrogens with zero attached hydrogens (tertiary/aromatic N) is 1. The molecule has 8 heteroatoms. The zero-order valence-electron chi connectivity index (χ0n) is 16.8. The summed E-state index contributed by atoms with van der Waals surface area (Å²) < 4.78 is 29.1. The molecule has 1 aliphatic rings. The van der Waals surface area contributed by atoms with Crippen molar-refractivity contribution in [2.75, 3.05) is 0 Å². The van der Waals surface area contributed by atoms with Crippen molar-refractivity contribution < 1.29 is 27.9 Å². The molecule has 0 bridgehead atoms. The van der Waals surface area contributed by atoms with Crippen LogP contribution in [0.1, 0.15) is 42.2 Å². The number of imide groups is 1. The smallest absolute Gasteiger partial charge is 0.387 e. The van der Waals surface area contributed by atoms with E-state index >= 15 is 0 Å². The highest BCUT2D eigenvalue weighted by Gasteiger charge is 2.35. The molecular formula is C24H18F2N2O4. The van der Waals surface area contributed by atoms with E-state index in [1.54, 1.807) is 12.1 Å². The normalized spacial score (nSPS) is 12.8. The molecule has 0 aliphatic carbocycles. The number of alkyl halides is 2. The molecular weight excluding hydrogens is 418 g/mol. The molecule has 0 atom stereocenters. The first-order valence-corrected chi connectivity index (χ1v) is 9.78. The highest BCUT2D eigenvalue weighted by Crippen LogP contribution is 2.26. The third-order valence-corrected chi connectivity index (χ3v) is 4.99. The highest BCUT2D eigenvalue weighted by molar-refractivity contribution is 6.22. The molecule has 0 aromatic heterocycles. The Morgan fingerprint density at radius 1 is 0.875 bits per heavy atom. The number of hydrogen-bond acceptors (Lipinski definition) is 4. The Balaban J connectivity index is 1.45. The molecule has 0 unspecified atom stereocenters. The molecule has 3 aromatic rings. The fourth-order valence-corrected chi connectivity index (χ4v) is 3.46. The van der Waals surface area contributed by atoms with Gasteiger partial charge in [0.25, 0.3) is 17.7 Å². The predicted octanol–water partition coefficient (Wildman–Crippen LogP) is 4.01. The summed E-state index contributed by atoms with van der Waals surface area (Å²) in [7, 11) is 0. The third kappa shape index (κ3) is 4.49. The van der Waals surface area contributed by atoms with Gasteiger partial charge in [-0.15, -0.1) is 0 Å². The van der Waals surface area contributed by atoms with Crippen LogP contribution in [0.3, 0.4) is 0 Å². The van der Waals surface area contributed by atoms with Crippen LogP contribution in [0.5, 0.6) is 5.75 Å². The lowest BCUT2D eigenvalue weighted by Crippen LogP contribution is -2.29. The van der Waals surface area contributed by atoms with E-state index in [1.807, 2.05) is 30.3 Å². The Bertz CT molecular complexity index is 1180. The van der Waals surface area contributed by atoms with E-state index < -0.39 is 24.3 Å². The lowest BCUT2D eigenvalue weighted by atomic mass is 10.1. The Morgan fingerprint density at radius 3 is 2.34 bits per heavy atom. The summed E-state index contributed by atoms with van der Waals surface area (Å²) in [6.07, 6.45) is 0. The topological polar surface area (TPSA) is 75.7 Å². The van der Waals surface area contributed by atoms with Gasteiger partial charge in [-0.25, -0.2) is 0 Å². The van der Waals surface area contributed by atoms with E-state index in [4.69, 9.17) is 0 Å². The standard InChI is InChI=1S/C24H18F2N2O4/c25-24(26)32-18-8-4-7-16(11-18)13-27-21(29)17-9-10-19-20(12-17)23(31)28(22(19)30)14-15-5-2-1-3-6-15/h1-12,24H,13-14H2,(H,27,29). The van der Waals surface area contributed by atoms with Gasteiger partial charge in [0.1, 0.15) is 5.75 Å². The summed E-state index contributed by atoms with van der Waals surface area (Å²) in [5, 5.41) is 2.67. The maximum Gasteiger partial charge on any atom is 0.387 e. The molecule has 32 heavy (non-hydrogen) atoms. The van der Waals surface area contributed by atoms with Crippen LogP contribution in [0.15, 0.2) is 72.8 Å². The summed E-state index contributed by atoms with van der Waals surface area (Å²) in [5.41, 5.74) is 2.02. The van der Waals surface area contributed by atoms with Gasteiger partial charge in [-0.3, -0.25) is 19.3 Å². The van der Waals surface area contributed by atoms with E-state index in [0.717, 1.165) is 10.5 Å². The van der Waals surface area contributed by atoms with Crippen LogP contribution in [-0.2, 0) is 13.1 Å². The fraction of sp³-hybridized carbons (Fsp3) is 0.125. The second-order valence-electron chi connectivity index (χ2n) is 7.15. The molecule has 1 N–H and O–H groups in total. The van der Waals surface area contributed by atoms with Crippen LogP contribution in [0.4, 0.5) is 8.78 Å². The van der Waals surface area contributed by atoms with Gasteiger partial charge in [0.2, 0.25) is 0 Å². The number of rotatable bonds is 7. The van der Waals surface area contributed by atoms with Crippen LogP contribution in [-0.4, -0.2) is 29.2 Å². The molecule has 0 saturated carbocycles. The molecule has 0 fully saturated rings. The Morgan fingerprint density at radius 2 is 1.59 bits per heavy atom. The molecule has 0 spiro atoms. The number of fused-ring (bicyclic) bond motifs is 1. The Labute approximate surface area is 182 Å². The molecule has 0 radical (unpaired) electrons. The summed E-state index contributed by atoms with van der Waals surface area (Å²) >= 11 is 0. The van der Waals surface area contributed by atoms with Gasteiger partial charge < -0.3 is 10.1 Å². The summed E-state index contributed by atoms with van der Waals surface area (Å²) in [6, 6.07) is 19.5. The van der Waals surface area contributed by atoms with Gasteiger partial charge >= 0.3 is 6.61 Å². The summed E-state index contributed by atoms with van der Waals surface area (Å²) in [4.78, 5) is 39.2. The minimum absolute atomic E-state index is 0.00750. The predicted molar refractivity (Wildman–Crippen MR) is 111 cm³/mol. The van der Waals surface area contributed by atoms with Gasteiger partial charge in [0.15, 0.2) is 0 Å². The minimum atomic E-state index is -2.94. The molecule has 3 amide bonds. The lowest BCUT2D eigenvalue weighted by molar-refractivity contribution is -0.0499. The first-order chi connectivity index (χ1) is 15.4. The average Bonchev–Trinajstić information content (AvgIpc) is 3.02. The van der Waals surface area contributed by atoms with Crippen molar-refractivity contribution in [3.05, 3.63) is 101 Å². The maximum absolute atomic E-state index is 12.8. The molecule has 0 saturated heterocycles. The van der Waals surface area contributed by atoms with Gasteiger partial charge in [-0.05, 0) is 41.5 Å². The highest BCUT2D eigenvalue weighted by atomic mass is 19.3. The zero-order chi connectivity index (χ0) is 22.7. The molecule has 1 aliphatic heterocycles. The lowest BCUT2D eigenvalue weighted by Gasteiger charge is -2.13. The number of carbonyl (C=O) groups excluding carboxylic acids is 3. The first-order valence-electron chi connectivity index (χ1n) is 9.78. The monoisotopic (exact) mass is 436 g/mol. The van der Waals surface area contributed by atoms with Crippen LogP contribution in [0, 0.1) is 0 Å². The summed E-state index contributed by atoms with van der Waals surface area (Å²) in [5.74, 6) is -1.33. The van der Waals surface area contributed by atoms with Crippen molar-refractivity contribution in [2.45, 2.75) is 19.7 Å². The third-order valence-electron chi connectivity index (χ3n) is 4.99. The molecule has 4 rings (SSSR count). The zero-order valence-corrected chi connectivity index (χ0v) is 16.8. The van der Waals surface area contributed by atoms with Gasteiger partial charge in [-0.1, -0.05) is 42.5 Å². The molecule has 1 heterocycles. The van der Waals surface area contributed by atoms with Crippen molar-refractivity contribution in [3.8, 4) is 5.75 Å². The largest absolute Gasteiger partial charge is 0.435 e. The SMILES string of the molecule is O=C(NCc1cccc(OC(F)F)c1)c1ccc2c(c1)C(=O)N(Cc1ccccc1)C2=O. The van der Waals surface area contributed by atoms with Gasteiger partial charge in [0, 0.05) is 12.1 Å². The van der Waals surface area contributed by atoms with Crippen molar-refractivity contribution in [3.63, 3.8) is 0 Å². The van der Waals surface area contributed by atoms with Crippen molar-refractivity contribution in [1.29, 1.82) is 0 Å². The number of carbonyl (C=O) groups is 3. The van der Waals surface area contributed by atoms with Crippen molar-refractivity contribution in [2.24, 2.45) is 0 Å². The Hall–Kier alpha value is -4.07. The van der Waals surface area contributed by atoms with Crippen molar-refractivity contribution >= 4 is 17.7 Å². The van der Waals surface area contributed by atoms with Crippen LogP contribution >= 0.6 is 0 Å². The van der Waals surface area contributed by atoms with E-state index in [0.29, 0.717) is 5.56 Å². The number of nitrogens with one attached hydrogen (secondary N) is 1. The quantitative estimate of drug-likeness (QED) is 0.568. The average molecular weight is 436 g/mol. The minimum Gasteiger partial charge on any atom is -0.435 e. The number of amides is 3. The number of hydrogen-bond donors (Lipinski definition) is 1. The van der Waals surface area contributed by atoms with E-state index in [2.05, 4.69) is 10.1 Å². The van der Waals surface area contributed by atoms with Crippen LogP contribution < -0.4 is 10.1 Å². The summed E-state index contributed by atoms with van der Waals surface area (Å²) in [6.45, 7) is -2.72. The van der Waals surface area contributed by atoms with E-state index in [-0.39, 0.29) is 35.5 Å². The second kappa shape index (κ2) is 8.97. The fourth-order valence-electron chi connectivity index (χ4n) is 3.46. The molecule has 6 nitrogen and oxygen atoms in total.